The fourth-order valence-electron chi connectivity index (χ4n) is 4.00. The summed E-state index contributed by atoms with van der Waals surface area (Å²) in [5, 5.41) is 9.61. The minimum atomic E-state index is -4.41. The van der Waals surface area contributed by atoms with Crippen LogP contribution in [0.5, 0.6) is 0 Å². The number of alkyl halides is 3. The zero-order valence-electron chi connectivity index (χ0n) is 19.8. The first-order valence-electron chi connectivity index (χ1n) is 11.6. The molecule has 198 valence electrons. The van der Waals surface area contributed by atoms with Gasteiger partial charge in [0.25, 0.3) is 5.91 Å². The van der Waals surface area contributed by atoms with Gasteiger partial charge < -0.3 is 5.32 Å². The molecule has 0 saturated carbocycles. The number of hydrogen-bond acceptors (Lipinski definition) is 7. The summed E-state index contributed by atoms with van der Waals surface area (Å²) in [6.45, 7) is 1.51. The monoisotopic (exact) mass is 561 g/mol. The van der Waals surface area contributed by atoms with E-state index in [9.17, 15) is 26.4 Å². The summed E-state index contributed by atoms with van der Waals surface area (Å²) in [4.78, 5) is 18.8. The highest BCUT2D eigenvalue weighted by Gasteiger charge is 2.33. The molecule has 5 rings (SSSR count). The van der Waals surface area contributed by atoms with Crippen molar-refractivity contribution in [3.05, 3.63) is 76.7 Å². The number of benzene rings is 2. The third-order valence-corrected chi connectivity index (χ3v) is 8.77. The molecule has 38 heavy (non-hydrogen) atoms. The molecule has 0 radical (unpaired) electrons. The van der Waals surface area contributed by atoms with Crippen LogP contribution in [0.15, 0.2) is 60.7 Å². The quantitative estimate of drug-likeness (QED) is 0.353. The van der Waals surface area contributed by atoms with Crippen LogP contribution in [0.2, 0.25) is 0 Å². The Morgan fingerprint density at radius 1 is 1.05 bits per heavy atom. The minimum Gasteiger partial charge on any atom is -0.322 e. The van der Waals surface area contributed by atoms with Gasteiger partial charge in [0.2, 0.25) is 0 Å². The number of aromatic nitrogens is 3. The first-order chi connectivity index (χ1) is 18.1. The van der Waals surface area contributed by atoms with Crippen LogP contribution in [0.3, 0.4) is 0 Å². The normalized spacial score (nSPS) is 15.9. The number of amides is 1. The van der Waals surface area contributed by atoms with Crippen molar-refractivity contribution in [1.82, 2.24) is 20.1 Å². The number of hydrogen-bond donors (Lipinski definition) is 2. The van der Waals surface area contributed by atoms with Gasteiger partial charge >= 0.3 is 6.18 Å². The second kappa shape index (κ2) is 10.3. The van der Waals surface area contributed by atoms with Gasteiger partial charge in [-0.1, -0.05) is 12.1 Å². The number of anilines is 1. The fraction of sp³-hybridized carbons (Fsp3) is 0.240. The van der Waals surface area contributed by atoms with Gasteiger partial charge in [-0.25, -0.2) is 13.4 Å². The lowest BCUT2D eigenvalue weighted by atomic mass is 10.1. The average Bonchev–Trinajstić information content (AvgIpc) is 3.56. The van der Waals surface area contributed by atoms with Crippen LogP contribution in [0.1, 0.15) is 20.8 Å². The Labute approximate surface area is 220 Å². The highest BCUT2D eigenvalue weighted by atomic mass is 32.2. The standard InChI is InChI=1S/C25H22F3N5O3S2/c26-25(27,28)21-9-8-20(37-21)23-30-22(31-32-23)17-4-6-19(7-5-17)29-24(34)18-3-1-2-16(14-18)15-33-10-12-38(35,36)13-11-33/h1-9,14H,10-13,15H2,(H,29,34)(H,30,31,32). The van der Waals surface area contributed by atoms with Crippen LogP contribution in [0, 0.1) is 0 Å². The molecule has 1 aliphatic heterocycles. The predicted molar refractivity (Wildman–Crippen MR) is 138 cm³/mol. The maximum atomic E-state index is 12.9. The van der Waals surface area contributed by atoms with Crippen molar-refractivity contribution >= 4 is 32.8 Å². The van der Waals surface area contributed by atoms with E-state index in [4.69, 9.17) is 0 Å². The van der Waals surface area contributed by atoms with Gasteiger partial charge in [-0.05, 0) is 54.1 Å². The van der Waals surface area contributed by atoms with E-state index in [1.54, 1.807) is 42.5 Å². The van der Waals surface area contributed by atoms with Crippen LogP contribution < -0.4 is 5.32 Å². The molecule has 2 N–H and O–H groups in total. The first-order valence-corrected chi connectivity index (χ1v) is 14.2. The third-order valence-electron chi connectivity index (χ3n) is 6.04. The molecule has 3 heterocycles. The second-order valence-electron chi connectivity index (χ2n) is 8.83. The van der Waals surface area contributed by atoms with E-state index in [1.807, 2.05) is 6.07 Å². The zero-order chi connectivity index (χ0) is 26.9. The lowest BCUT2D eigenvalue weighted by molar-refractivity contribution is -0.134. The van der Waals surface area contributed by atoms with E-state index in [0.717, 1.165) is 11.6 Å². The molecular formula is C25H22F3N5O3S2. The van der Waals surface area contributed by atoms with Crippen LogP contribution in [-0.2, 0) is 22.6 Å². The molecule has 8 nitrogen and oxygen atoms in total. The molecule has 4 aromatic rings. The van der Waals surface area contributed by atoms with Gasteiger partial charge in [-0.15, -0.1) is 11.3 Å². The number of halogens is 3. The summed E-state index contributed by atoms with van der Waals surface area (Å²) in [6.07, 6.45) is -4.41. The van der Waals surface area contributed by atoms with E-state index in [1.165, 1.54) is 6.07 Å². The summed E-state index contributed by atoms with van der Waals surface area (Å²) in [6, 6.07) is 16.4. The predicted octanol–water partition coefficient (Wildman–Crippen LogP) is 4.70. The Bertz CT molecular complexity index is 1550. The molecule has 2 aromatic heterocycles. The number of aromatic amines is 1. The summed E-state index contributed by atoms with van der Waals surface area (Å²) < 4.78 is 61.9. The molecule has 0 aliphatic carbocycles. The molecule has 1 fully saturated rings. The Kier molecular flexibility index (Phi) is 7.07. The number of thiophene rings is 1. The SMILES string of the molecule is O=C(Nc1ccc(-c2nc(-c3ccc(C(F)(F)F)s3)n[nH]2)cc1)c1cccc(CN2CCS(=O)(=O)CC2)c1. The van der Waals surface area contributed by atoms with E-state index in [-0.39, 0.29) is 23.2 Å². The molecular weight excluding hydrogens is 539 g/mol. The maximum Gasteiger partial charge on any atom is 0.425 e. The van der Waals surface area contributed by atoms with Crippen molar-refractivity contribution in [2.75, 3.05) is 29.9 Å². The van der Waals surface area contributed by atoms with Gasteiger partial charge in [0.1, 0.15) is 4.88 Å². The van der Waals surface area contributed by atoms with Crippen LogP contribution in [0.4, 0.5) is 18.9 Å². The summed E-state index contributed by atoms with van der Waals surface area (Å²) in [5.41, 5.74) is 2.60. The van der Waals surface area contributed by atoms with Crippen LogP contribution in [0.25, 0.3) is 22.1 Å². The first kappa shape index (κ1) is 26.1. The average molecular weight is 562 g/mol. The Morgan fingerprint density at radius 3 is 2.47 bits per heavy atom. The molecule has 0 spiro atoms. The van der Waals surface area contributed by atoms with Gasteiger partial charge in [0, 0.05) is 36.4 Å². The molecule has 1 aliphatic rings. The number of nitrogens with one attached hydrogen (secondary N) is 2. The third kappa shape index (κ3) is 6.11. The number of carbonyl (C=O) groups is 1. The van der Waals surface area contributed by atoms with Gasteiger partial charge in [-0.2, -0.15) is 18.3 Å². The number of nitrogens with zero attached hydrogens (tertiary/aromatic N) is 3. The number of H-pyrrole nitrogens is 1. The van der Waals surface area contributed by atoms with Crippen molar-refractivity contribution < 1.29 is 26.4 Å². The van der Waals surface area contributed by atoms with Crippen molar-refractivity contribution in [3.8, 4) is 22.1 Å². The van der Waals surface area contributed by atoms with Crippen LogP contribution in [-0.4, -0.2) is 59.0 Å². The van der Waals surface area contributed by atoms with Crippen molar-refractivity contribution in [2.45, 2.75) is 12.7 Å². The van der Waals surface area contributed by atoms with E-state index < -0.39 is 20.9 Å². The van der Waals surface area contributed by atoms with Crippen LogP contribution >= 0.6 is 11.3 Å². The van der Waals surface area contributed by atoms with Gasteiger partial charge in [-0.3, -0.25) is 14.8 Å². The highest BCUT2D eigenvalue weighted by Crippen LogP contribution is 2.37. The Morgan fingerprint density at radius 2 is 1.79 bits per heavy atom. The summed E-state index contributed by atoms with van der Waals surface area (Å²) >= 11 is 0.575. The van der Waals surface area contributed by atoms with Crippen molar-refractivity contribution in [2.24, 2.45) is 0 Å². The highest BCUT2D eigenvalue weighted by molar-refractivity contribution is 7.91. The topological polar surface area (TPSA) is 108 Å². The van der Waals surface area contributed by atoms with Crippen molar-refractivity contribution in [3.63, 3.8) is 0 Å². The Hall–Kier alpha value is -3.55. The summed E-state index contributed by atoms with van der Waals surface area (Å²) in [7, 11) is -2.95. The van der Waals surface area contributed by atoms with E-state index in [2.05, 4.69) is 25.4 Å². The molecule has 13 heteroatoms. The number of rotatable bonds is 6. The number of sulfone groups is 1. The molecule has 2 aromatic carbocycles. The molecule has 0 bridgehead atoms. The molecule has 0 atom stereocenters. The zero-order valence-corrected chi connectivity index (χ0v) is 21.5. The van der Waals surface area contributed by atoms with Crippen molar-refractivity contribution in [1.29, 1.82) is 0 Å². The molecule has 1 saturated heterocycles. The fourth-order valence-corrected chi connectivity index (χ4v) is 6.09. The molecule has 0 unspecified atom stereocenters. The largest absolute Gasteiger partial charge is 0.425 e. The van der Waals surface area contributed by atoms with Gasteiger partial charge in [0.15, 0.2) is 21.5 Å². The maximum absolute atomic E-state index is 12.9. The van der Waals surface area contributed by atoms with E-state index in [0.29, 0.717) is 58.5 Å². The second-order valence-corrected chi connectivity index (χ2v) is 12.2. The lowest BCUT2D eigenvalue weighted by Gasteiger charge is -2.26. The lowest BCUT2D eigenvalue weighted by Crippen LogP contribution is -2.39. The number of carbonyl (C=O) groups excluding carboxylic acids is 1. The van der Waals surface area contributed by atoms with E-state index >= 15 is 0 Å². The smallest absolute Gasteiger partial charge is 0.322 e. The molecule has 1 amide bonds. The van der Waals surface area contributed by atoms with Gasteiger partial charge in [0.05, 0.1) is 16.4 Å². The summed E-state index contributed by atoms with van der Waals surface area (Å²) in [5.74, 6) is 0.555. The Balaban J connectivity index is 1.22. The minimum absolute atomic E-state index is 0.144.